The van der Waals surface area contributed by atoms with Crippen molar-refractivity contribution in [2.45, 2.75) is 39.9 Å². The summed E-state index contributed by atoms with van der Waals surface area (Å²) in [5, 5.41) is 7.90. The minimum Gasteiger partial charge on any atom is -0.475 e. The minimum absolute atomic E-state index is 0.0472. The number of carbonyl (C=O) groups excluding carboxylic acids is 1. The lowest BCUT2D eigenvalue weighted by Gasteiger charge is -2.28. The second-order valence-corrected chi connectivity index (χ2v) is 7.26. The van der Waals surface area contributed by atoms with Gasteiger partial charge < -0.3 is 14.1 Å². The van der Waals surface area contributed by atoms with E-state index in [4.69, 9.17) is 9.15 Å². The van der Waals surface area contributed by atoms with Crippen molar-refractivity contribution in [2.24, 2.45) is 0 Å². The fourth-order valence-electron chi connectivity index (χ4n) is 3.27. The summed E-state index contributed by atoms with van der Waals surface area (Å²) in [7, 11) is 0. The zero-order valence-electron chi connectivity index (χ0n) is 18.1. The van der Waals surface area contributed by atoms with Gasteiger partial charge in [-0.1, -0.05) is 12.1 Å². The summed E-state index contributed by atoms with van der Waals surface area (Å²) in [5.74, 6) is 0.446. The number of likely N-dealkylation sites (N-methyl/N-ethyl adjacent to an activating group) is 1. The number of pyridine rings is 1. The number of amides is 1. The van der Waals surface area contributed by atoms with Gasteiger partial charge in [-0.25, -0.2) is 4.98 Å². The highest BCUT2D eigenvalue weighted by Gasteiger charge is 2.31. The third kappa shape index (κ3) is 5.06. The number of alkyl halides is 3. The Hall–Kier alpha value is -3.43. The van der Waals surface area contributed by atoms with E-state index in [1.807, 2.05) is 19.9 Å². The zero-order chi connectivity index (χ0) is 23.5. The average molecular weight is 448 g/mol. The van der Waals surface area contributed by atoms with Crippen LogP contribution in [0.4, 0.5) is 13.2 Å². The SMILES string of the molecule is CCN(C(=O)c1cccc(C)c1-c1nnc(C)o1)[C@@H](C)COc1ccc(C(F)(F)F)cn1. The summed E-state index contributed by atoms with van der Waals surface area (Å²) >= 11 is 0. The van der Waals surface area contributed by atoms with Gasteiger partial charge in [0.1, 0.15) is 6.61 Å². The maximum atomic E-state index is 13.4. The van der Waals surface area contributed by atoms with Gasteiger partial charge >= 0.3 is 6.18 Å². The predicted octanol–water partition coefficient (Wildman–Crippen LogP) is 4.70. The molecule has 1 atom stereocenters. The molecule has 0 unspecified atom stereocenters. The molecule has 0 radical (unpaired) electrons. The first-order chi connectivity index (χ1) is 15.1. The number of carbonyl (C=O) groups is 1. The fraction of sp³-hybridized carbons (Fsp3) is 0.364. The first kappa shape index (κ1) is 23.2. The summed E-state index contributed by atoms with van der Waals surface area (Å²) in [6.45, 7) is 7.59. The van der Waals surface area contributed by atoms with Crippen molar-refractivity contribution in [3.8, 4) is 17.3 Å². The Bertz CT molecular complexity index is 1080. The van der Waals surface area contributed by atoms with Gasteiger partial charge in [-0.15, -0.1) is 10.2 Å². The van der Waals surface area contributed by atoms with E-state index in [2.05, 4.69) is 15.2 Å². The molecular weight excluding hydrogens is 425 g/mol. The second kappa shape index (κ2) is 9.37. The lowest BCUT2D eigenvalue weighted by atomic mass is 10.00. The highest BCUT2D eigenvalue weighted by molar-refractivity contribution is 6.00. The Morgan fingerprint density at radius 3 is 2.50 bits per heavy atom. The van der Waals surface area contributed by atoms with Crippen LogP contribution in [0.2, 0.25) is 0 Å². The van der Waals surface area contributed by atoms with Gasteiger partial charge in [0.05, 0.1) is 22.7 Å². The van der Waals surface area contributed by atoms with Crippen LogP contribution in [0.25, 0.3) is 11.5 Å². The van der Waals surface area contributed by atoms with E-state index in [1.54, 1.807) is 30.9 Å². The quantitative estimate of drug-likeness (QED) is 0.521. The van der Waals surface area contributed by atoms with Crippen molar-refractivity contribution in [3.05, 3.63) is 59.1 Å². The van der Waals surface area contributed by atoms with Crippen LogP contribution in [0.1, 0.15) is 41.2 Å². The molecule has 1 amide bonds. The molecule has 32 heavy (non-hydrogen) atoms. The number of benzene rings is 1. The molecule has 0 aliphatic rings. The van der Waals surface area contributed by atoms with Crippen molar-refractivity contribution in [2.75, 3.05) is 13.2 Å². The molecule has 0 N–H and O–H groups in total. The normalized spacial score (nSPS) is 12.5. The minimum atomic E-state index is -4.47. The van der Waals surface area contributed by atoms with E-state index in [0.717, 1.165) is 17.7 Å². The summed E-state index contributed by atoms with van der Waals surface area (Å²) in [4.78, 5) is 18.7. The van der Waals surface area contributed by atoms with Crippen LogP contribution in [0.15, 0.2) is 40.9 Å². The molecule has 0 saturated heterocycles. The molecule has 0 saturated carbocycles. The standard InChI is InChI=1S/C22H23F3N4O3/c1-5-29(14(3)12-31-18-10-9-16(11-26-18)22(23,24)25)21(30)17-8-6-7-13(2)19(17)20-28-27-15(4)32-20/h6-11,14H,5,12H2,1-4H3/t14-/m0/s1. The molecule has 2 aromatic heterocycles. The number of hydrogen-bond donors (Lipinski definition) is 0. The summed E-state index contributed by atoms with van der Waals surface area (Å²) in [6.07, 6.45) is -3.75. The summed E-state index contributed by atoms with van der Waals surface area (Å²) in [5.41, 5.74) is 0.934. The summed E-state index contributed by atoms with van der Waals surface area (Å²) < 4.78 is 49.1. The van der Waals surface area contributed by atoms with Gasteiger partial charge in [-0.2, -0.15) is 13.2 Å². The lowest BCUT2D eigenvalue weighted by Crippen LogP contribution is -2.42. The van der Waals surface area contributed by atoms with Gasteiger partial charge in [0.2, 0.25) is 17.7 Å². The third-order valence-electron chi connectivity index (χ3n) is 4.91. The van der Waals surface area contributed by atoms with Crippen molar-refractivity contribution in [3.63, 3.8) is 0 Å². The Morgan fingerprint density at radius 2 is 1.94 bits per heavy atom. The highest BCUT2D eigenvalue weighted by Crippen LogP contribution is 2.30. The fourth-order valence-corrected chi connectivity index (χ4v) is 3.27. The van der Waals surface area contributed by atoms with Gasteiger partial charge in [-0.3, -0.25) is 4.79 Å². The Morgan fingerprint density at radius 1 is 1.19 bits per heavy atom. The molecule has 1 aromatic carbocycles. The van der Waals surface area contributed by atoms with Crippen molar-refractivity contribution in [1.82, 2.24) is 20.1 Å². The smallest absolute Gasteiger partial charge is 0.417 e. The molecule has 170 valence electrons. The number of halogens is 3. The van der Waals surface area contributed by atoms with Crippen molar-refractivity contribution >= 4 is 5.91 Å². The van der Waals surface area contributed by atoms with Crippen molar-refractivity contribution in [1.29, 1.82) is 0 Å². The molecule has 0 bridgehead atoms. The van der Waals surface area contributed by atoms with Crippen LogP contribution in [-0.4, -0.2) is 45.2 Å². The Balaban J connectivity index is 1.77. The number of aromatic nitrogens is 3. The first-order valence-electron chi connectivity index (χ1n) is 9.99. The van der Waals surface area contributed by atoms with Crippen LogP contribution >= 0.6 is 0 Å². The monoisotopic (exact) mass is 448 g/mol. The predicted molar refractivity (Wildman–Crippen MR) is 110 cm³/mol. The van der Waals surface area contributed by atoms with E-state index in [-0.39, 0.29) is 30.3 Å². The van der Waals surface area contributed by atoms with Gasteiger partial charge in [0.25, 0.3) is 5.91 Å². The van der Waals surface area contributed by atoms with E-state index in [0.29, 0.717) is 29.8 Å². The van der Waals surface area contributed by atoms with Crippen LogP contribution in [0.3, 0.4) is 0 Å². The van der Waals surface area contributed by atoms with Crippen LogP contribution < -0.4 is 4.74 Å². The number of aryl methyl sites for hydroxylation is 2. The Labute approximate surface area is 183 Å². The van der Waals surface area contributed by atoms with E-state index in [9.17, 15) is 18.0 Å². The molecular formula is C22H23F3N4O3. The molecule has 0 spiro atoms. The number of nitrogens with zero attached hydrogens (tertiary/aromatic N) is 4. The second-order valence-electron chi connectivity index (χ2n) is 7.26. The molecule has 3 aromatic rings. The van der Waals surface area contributed by atoms with E-state index in [1.165, 1.54) is 0 Å². The molecule has 10 heteroatoms. The molecule has 7 nitrogen and oxygen atoms in total. The Kier molecular flexibility index (Phi) is 6.81. The highest BCUT2D eigenvalue weighted by atomic mass is 19.4. The van der Waals surface area contributed by atoms with Gasteiger partial charge in [-0.05, 0) is 38.5 Å². The van der Waals surface area contributed by atoms with Gasteiger partial charge in [0, 0.05) is 25.7 Å². The van der Waals surface area contributed by atoms with Gasteiger partial charge in [0.15, 0.2) is 0 Å². The zero-order valence-corrected chi connectivity index (χ0v) is 18.1. The number of ether oxygens (including phenoxy) is 1. The van der Waals surface area contributed by atoms with Crippen LogP contribution in [0, 0.1) is 13.8 Å². The van der Waals surface area contributed by atoms with E-state index >= 15 is 0 Å². The molecule has 0 aliphatic carbocycles. The van der Waals surface area contributed by atoms with Crippen molar-refractivity contribution < 1.29 is 27.1 Å². The first-order valence-corrected chi connectivity index (χ1v) is 9.99. The number of hydrogen-bond acceptors (Lipinski definition) is 6. The van der Waals surface area contributed by atoms with Crippen LogP contribution in [0.5, 0.6) is 5.88 Å². The average Bonchev–Trinajstić information content (AvgIpc) is 3.18. The topological polar surface area (TPSA) is 81.4 Å². The number of rotatable bonds is 7. The maximum Gasteiger partial charge on any atom is 0.417 e. The largest absolute Gasteiger partial charge is 0.475 e. The molecule has 2 heterocycles. The summed E-state index contributed by atoms with van der Waals surface area (Å²) in [6, 6.07) is 7.00. The molecule has 0 fully saturated rings. The van der Waals surface area contributed by atoms with E-state index < -0.39 is 11.7 Å². The lowest BCUT2D eigenvalue weighted by molar-refractivity contribution is -0.137. The maximum absolute atomic E-state index is 13.4. The van der Waals surface area contributed by atoms with Crippen LogP contribution in [-0.2, 0) is 6.18 Å². The molecule has 3 rings (SSSR count). The third-order valence-corrected chi connectivity index (χ3v) is 4.91. The molecule has 0 aliphatic heterocycles.